The summed E-state index contributed by atoms with van der Waals surface area (Å²) in [6.45, 7) is 1.92. The summed E-state index contributed by atoms with van der Waals surface area (Å²) in [5.41, 5.74) is 2.76. The van der Waals surface area contributed by atoms with Crippen molar-refractivity contribution >= 4 is 45.0 Å². The zero-order chi connectivity index (χ0) is 25.2. The van der Waals surface area contributed by atoms with E-state index in [9.17, 15) is 14.7 Å². The second kappa shape index (κ2) is 10.1. The highest BCUT2D eigenvalue weighted by molar-refractivity contribution is 9.10. The molecule has 1 atom stereocenters. The van der Waals surface area contributed by atoms with Crippen molar-refractivity contribution < 1.29 is 14.6 Å². The van der Waals surface area contributed by atoms with Crippen LogP contribution in [0.25, 0.3) is 11.8 Å². The minimum Gasteiger partial charge on any atom is -0.508 e. The molecular weight excluding hydrogens is 540 g/mol. The number of esters is 1. The van der Waals surface area contributed by atoms with Crippen molar-refractivity contribution in [2.75, 3.05) is 6.61 Å². The van der Waals surface area contributed by atoms with E-state index in [1.807, 2.05) is 60.7 Å². The van der Waals surface area contributed by atoms with Gasteiger partial charge in [0.15, 0.2) is 4.80 Å². The average molecular weight is 561 g/mol. The van der Waals surface area contributed by atoms with E-state index in [0.717, 1.165) is 15.6 Å². The van der Waals surface area contributed by atoms with Gasteiger partial charge in [0.2, 0.25) is 0 Å². The van der Waals surface area contributed by atoms with Crippen LogP contribution in [0.15, 0.2) is 98.7 Å². The van der Waals surface area contributed by atoms with Crippen molar-refractivity contribution in [3.8, 4) is 5.75 Å². The van der Waals surface area contributed by atoms with Crippen LogP contribution in [0, 0.1) is 0 Å². The van der Waals surface area contributed by atoms with Crippen molar-refractivity contribution in [3.63, 3.8) is 0 Å². The summed E-state index contributed by atoms with van der Waals surface area (Å²) >= 11 is 4.70. The highest BCUT2D eigenvalue weighted by atomic mass is 79.9. The van der Waals surface area contributed by atoms with Crippen LogP contribution in [0.5, 0.6) is 5.75 Å². The molecule has 6 nitrogen and oxygen atoms in total. The van der Waals surface area contributed by atoms with Gasteiger partial charge < -0.3 is 9.84 Å². The number of benzene rings is 3. The van der Waals surface area contributed by atoms with Gasteiger partial charge in [0.05, 0.1) is 28.5 Å². The van der Waals surface area contributed by atoms with Crippen LogP contribution in [-0.4, -0.2) is 22.2 Å². The molecule has 3 aromatic carbocycles. The number of aromatic nitrogens is 1. The summed E-state index contributed by atoms with van der Waals surface area (Å²) in [6.07, 6.45) is 1.82. The Balaban J connectivity index is 1.82. The number of phenolic OH excluding ortho intramolecular Hbond substituents is 1. The molecule has 1 N–H and O–H groups in total. The fraction of sp³-hybridized carbons (Fsp3) is 0.107. The average Bonchev–Trinajstić information content (AvgIpc) is 3.20. The Hall–Kier alpha value is -3.75. The highest BCUT2D eigenvalue weighted by Gasteiger charge is 2.35. The van der Waals surface area contributed by atoms with Gasteiger partial charge in [-0.05, 0) is 48.4 Å². The first kappa shape index (κ1) is 24.0. The van der Waals surface area contributed by atoms with Crippen molar-refractivity contribution in [1.29, 1.82) is 0 Å². The lowest BCUT2D eigenvalue weighted by atomic mass is 9.93. The van der Waals surface area contributed by atoms with Crippen molar-refractivity contribution in [1.82, 2.24) is 4.57 Å². The molecular formula is C28H21BrN2O4S. The number of nitrogens with zero attached hydrogens (tertiary/aromatic N) is 2. The molecule has 5 rings (SSSR count). The van der Waals surface area contributed by atoms with Gasteiger partial charge in [-0.25, -0.2) is 9.79 Å². The first-order valence-electron chi connectivity index (χ1n) is 11.3. The Kier molecular flexibility index (Phi) is 6.71. The zero-order valence-electron chi connectivity index (χ0n) is 19.2. The minimum absolute atomic E-state index is 0.0892. The van der Waals surface area contributed by atoms with Gasteiger partial charge in [-0.15, -0.1) is 0 Å². The van der Waals surface area contributed by atoms with Crippen molar-refractivity contribution in [2.45, 2.75) is 13.0 Å². The topological polar surface area (TPSA) is 80.9 Å². The Labute approximate surface area is 219 Å². The first-order valence-corrected chi connectivity index (χ1v) is 12.9. The van der Waals surface area contributed by atoms with E-state index >= 15 is 0 Å². The molecule has 1 aliphatic rings. The summed E-state index contributed by atoms with van der Waals surface area (Å²) in [7, 11) is 0. The third-order valence-corrected chi connectivity index (χ3v) is 7.26. The van der Waals surface area contributed by atoms with Crippen LogP contribution >= 0.6 is 27.3 Å². The van der Waals surface area contributed by atoms with E-state index in [-0.39, 0.29) is 23.5 Å². The minimum atomic E-state index is -0.775. The van der Waals surface area contributed by atoms with Gasteiger partial charge in [-0.1, -0.05) is 81.9 Å². The predicted octanol–water partition coefficient (Wildman–Crippen LogP) is 4.40. The fourth-order valence-corrected chi connectivity index (χ4v) is 5.39. The number of halogens is 1. The molecule has 0 spiro atoms. The number of rotatable bonds is 5. The molecule has 1 aliphatic heterocycles. The van der Waals surface area contributed by atoms with Gasteiger partial charge in [0, 0.05) is 10.0 Å². The number of aromatic hydroxyl groups is 1. The van der Waals surface area contributed by atoms with Crippen LogP contribution in [0.3, 0.4) is 0 Å². The number of fused-ring (bicyclic) bond motifs is 1. The smallest absolute Gasteiger partial charge is 0.338 e. The lowest BCUT2D eigenvalue weighted by Gasteiger charge is -2.25. The monoisotopic (exact) mass is 560 g/mol. The van der Waals surface area contributed by atoms with Gasteiger partial charge >= 0.3 is 5.97 Å². The number of thiazole rings is 1. The van der Waals surface area contributed by atoms with E-state index in [1.165, 1.54) is 23.5 Å². The SMILES string of the molecule is CCOC(=O)C1=C(c2ccccc2)N=c2s/c(=C/c3ccc(Br)cc3)c(=O)n2C1c1ccc(O)cc1. The maximum Gasteiger partial charge on any atom is 0.338 e. The zero-order valence-corrected chi connectivity index (χ0v) is 21.6. The summed E-state index contributed by atoms with van der Waals surface area (Å²) in [6, 6.07) is 22.8. The van der Waals surface area contributed by atoms with Crippen LogP contribution in [0.2, 0.25) is 0 Å². The predicted molar refractivity (Wildman–Crippen MR) is 143 cm³/mol. The van der Waals surface area contributed by atoms with Crippen molar-refractivity contribution in [2.24, 2.45) is 4.99 Å². The Bertz CT molecular complexity index is 1640. The Morgan fingerprint density at radius 3 is 2.44 bits per heavy atom. The molecule has 1 unspecified atom stereocenters. The van der Waals surface area contributed by atoms with E-state index in [2.05, 4.69) is 15.9 Å². The fourth-order valence-electron chi connectivity index (χ4n) is 4.12. The maximum absolute atomic E-state index is 13.8. The molecule has 1 aromatic heterocycles. The molecule has 0 aliphatic carbocycles. The molecule has 36 heavy (non-hydrogen) atoms. The normalized spacial score (nSPS) is 15.4. The molecule has 0 amide bonds. The third-order valence-electron chi connectivity index (χ3n) is 5.75. The molecule has 0 fully saturated rings. The largest absolute Gasteiger partial charge is 0.508 e. The van der Waals surface area contributed by atoms with Crippen LogP contribution in [0.4, 0.5) is 0 Å². The number of carbonyl (C=O) groups excluding carboxylic acids is 1. The van der Waals surface area contributed by atoms with Gasteiger partial charge in [-0.3, -0.25) is 9.36 Å². The Morgan fingerprint density at radius 1 is 1.08 bits per heavy atom. The quantitative estimate of drug-likeness (QED) is 0.367. The van der Waals surface area contributed by atoms with E-state index < -0.39 is 12.0 Å². The highest BCUT2D eigenvalue weighted by Crippen LogP contribution is 2.35. The van der Waals surface area contributed by atoms with Gasteiger partial charge in [0.25, 0.3) is 5.56 Å². The van der Waals surface area contributed by atoms with Gasteiger partial charge in [-0.2, -0.15) is 0 Å². The molecule has 4 aromatic rings. The second-order valence-electron chi connectivity index (χ2n) is 8.07. The summed E-state index contributed by atoms with van der Waals surface area (Å²) < 4.78 is 8.43. The maximum atomic E-state index is 13.8. The molecule has 0 saturated heterocycles. The lowest BCUT2D eigenvalue weighted by Crippen LogP contribution is -2.39. The van der Waals surface area contributed by atoms with Crippen molar-refractivity contribution in [3.05, 3.63) is 125 Å². The Morgan fingerprint density at radius 2 is 1.78 bits per heavy atom. The number of carbonyl (C=O) groups is 1. The molecule has 180 valence electrons. The van der Waals surface area contributed by atoms with E-state index in [0.29, 0.717) is 20.6 Å². The first-order chi connectivity index (χ1) is 17.5. The van der Waals surface area contributed by atoms with Crippen LogP contribution < -0.4 is 14.9 Å². The number of phenols is 1. The number of ether oxygens (including phenoxy) is 1. The molecule has 0 radical (unpaired) electrons. The van der Waals surface area contributed by atoms with Crippen LogP contribution in [0.1, 0.15) is 29.7 Å². The third kappa shape index (κ3) is 4.57. The number of hydrogen-bond acceptors (Lipinski definition) is 6. The lowest BCUT2D eigenvalue weighted by molar-refractivity contribution is -0.138. The molecule has 8 heteroatoms. The second-order valence-corrected chi connectivity index (χ2v) is 10.00. The summed E-state index contributed by atoms with van der Waals surface area (Å²) in [5.74, 6) is -0.452. The standard InChI is InChI=1S/C28H21BrN2O4S/c1-2-35-27(34)23-24(18-6-4-3-5-7-18)30-28-31(25(23)19-10-14-21(32)15-11-19)26(33)22(36-28)16-17-8-12-20(29)13-9-17/h3-16,25,32H,2H2,1H3/b22-16+. The molecule has 2 heterocycles. The van der Waals surface area contributed by atoms with Crippen LogP contribution in [-0.2, 0) is 9.53 Å². The van der Waals surface area contributed by atoms with E-state index in [1.54, 1.807) is 23.6 Å². The van der Waals surface area contributed by atoms with Gasteiger partial charge in [0.1, 0.15) is 5.75 Å². The molecule has 0 saturated carbocycles. The van der Waals surface area contributed by atoms with E-state index in [4.69, 9.17) is 9.73 Å². The summed E-state index contributed by atoms with van der Waals surface area (Å²) in [4.78, 5) is 32.4. The number of hydrogen-bond donors (Lipinski definition) is 1. The summed E-state index contributed by atoms with van der Waals surface area (Å²) in [5, 5.41) is 9.88. The molecule has 0 bridgehead atoms.